The van der Waals surface area contributed by atoms with Gasteiger partial charge in [-0.25, -0.2) is 4.39 Å². The van der Waals surface area contributed by atoms with Crippen LogP contribution in [0.2, 0.25) is 0 Å². The van der Waals surface area contributed by atoms with Crippen LogP contribution in [0.4, 0.5) is 4.39 Å². The smallest absolute Gasteiger partial charge is 0.146 e. The van der Waals surface area contributed by atoms with Crippen molar-refractivity contribution in [2.24, 2.45) is 0 Å². The van der Waals surface area contributed by atoms with Crippen molar-refractivity contribution in [1.82, 2.24) is 10.3 Å². The van der Waals surface area contributed by atoms with Crippen LogP contribution >= 0.6 is 0 Å². The highest BCUT2D eigenvalue weighted by Crippen LogP contribution is 2.32. The molecule has 1 atom stereocenters. The van der Waals surface area contributed by atoms with E-state index in [1.807, 2.05) is 27.7 Å². The molecule has 0 amide bonds. The molecule has 4 heteroatoms. The summed E-state index contributed by atoms with van der Waals surface area (Å²) in [4.78, 5) is 3.80. The van der Waals surface area contributed by atoms with Crippen LogP contribution in [0, 0.1) is 26.6 Å². The lowest BCUT2D eigenvalue weighted by atomic mass is 9.95. The fourth-order valence-corrected chi connectivity index (χ4v) is 2.43. The van der Waals surface area contributed by atoms with Crippen molar-refractivity contribution in [3.05, 3.63) is 52.5 Å². The fourth-order valence-electron chi connectivity index (χ4n) is 2.43. The van der Waals surface area contributed by atoms with Gasteiger partial charge in [0.05, 0.1) is 12.2 Å². The minimum atomic E-state index is -0.300. The lowest BCUT2D eigenvalue weighted by Crippen LogP contribution is -2.24. The lowest BCUT2D eigenvalue weighted by molar-refractivity contribution is 0.491. The molecule has 1 N–H and O–H groups in total. The third-order valence-electron chi connectivity index (χ3n) is 3.43. The Morgan fingerprint density at radius 3 is 2.58 bits per heavy atom. The zero-order valence-electron chi connectivity index (χ0n) is 11.7. The Balaban J connectivity index is 2.55. The van der Waals surface area contributed by atoms with Crippen molar-refractivity contribution in [3.8, 4) is 0 Å². The first-order valence-electron chi connectivity index (χ1n) is 6.45. The largest absolute Gasteiger partial charge is 0.466 e. The lowest BCUT2D eigenvalue weighted by Gasteiger charge is -2.19. The Morgan fingerprint density at radius 1 is 1.32 bits per heavy atom. The summed E-state index contributed by atoms with van der Waals surface area (Å²) >= 11 is 0. The van der Waals surface area contributed by atoms with Crippen molar-refractivity contribution < 1.29 is 8.81 Å². The predicted octanol–water partition coefficient (Wildman–Crippen LogP) is 3.44. The molecule has 0 spiro atoms. The van der Waals surface area contributed by atoms with Crippen molar-refractivity contribution >= 4 is 0 Å². The van der Waals surface area contributed by atoms with Gasteiger partial charge in [-0.15, -0.1) is 0 Å². The number of halogens is 1. The normalized spacial score (nSPS) is 12.7. The van der Waals surface area contributed by atoms with Gasteiger partial charge in [0.15, 0.2) is 0 Å². The minimum absolute atomic E-state index is 0.203. The molecule has 0 radical (unpaired) electrons. The standard InChI is InChI=1S/C15H19FN2O/c1-5-18-15(12-6-7-17-8-13(12)16)14-9(2)10(3)19-11(14)4/h6-8,15,18H,5H2,1-4H3. The maximum atomic E-state index is 14.0. The second-order valence-electron chi connectivity index (χ2n) is 4.64. The molecule has 102 valence electrons. The highest BCUT2D eigenvalue weighted by atomic mass is 19.1. The van der Waals surface area contributed by atoms with E-state index in [1.54, 1.807) is 12.3 Å². The third-order valence-corrected chi connectivity index (χ3v) is 3.43. The summed E-state index contributed by atoms with van der Waals surface area (Å²) in [5, 5.41) is 3.32. The number of hydrogen-bond donors (Lipinski definition) is 1. The molecule has 2 aromatic rings. The maximum Gasteiger partial charge on any atom is 0.146 e. The van der Waals surface area contributed by atoms with Crippen LogP contribution in [-0.4, -0.2) is 11.5 Å². The summed E-state index contributed by atoms with van der Waals surface area (Å²) in [6.07, 6.45) is 2.86. The first-order valence-corrected chi connectivity index (χ1v) is 6.45. The van der Waals surface area contributed by atoms with Gasteiger partial charge in [-0.1, -0.05) is 6.92 Å². The molecule has 0 fully saturated rings. The van der Waals surface area contributed by atoms with Gasteiger partial charge < -0.3 is 9.73 Å². The second kappa shape index (κ2) is 5.53. The average Bonchev–Trinajstić information content (AvgIpc) is 2.62. The maximum absolute atomic E-state index is 14.0. The molecule has 0 aromatic carbocycles. The van der Waals surface area contributed by atoms with E-state index in [0.29, 0.717) is 5.56 Å². The average molecular weight is 262 g/mol. The van der Waals surface area contributed by atoms with Crippen LogP contribution < -0.4 is 5.32 Å². The molecular formula is C15H19FN2O. The topological polar surface area (TPSA) is 38.1 Å². The monoisotopic (exact) mass is 262 g/mol. The fraction of sp³-hybridized carbons (Fsp3) is 0.400. The summed E-state index contributed by atoms with van der Waals surface area (Å²) in [5.74, 6) is 1.41. The molecule has 2 rings (SSSR count). The third kappa shape index (κ3) is 2.54. The van der Waals surface area contributed by atoms with Crippen molar-refractivity contribution in [3.63, 3.8) is 0 Å². The van der Waals surface area contributed by atoms with Crippen molar-refractivity contribution in [2.75, 3.05) is 6.54 Å². The number of furan rings is 1. The predicted molar refractivity (Wildman–Crippen MR) is 72.6 cm³/mol. The van der Waals surface area contributed by atoms with E-state index in [0.717, 1.165) is 29.2 Å². The Kier molecular flexibility index (Phi) is 4.00. The summed E-state index contributed by atoms with van der Waals surface area (Å²) < 4.78 is 19.6. The van der Waals surface area contributed by atoms with Crippen molar-refractivity contribution in [2.45, 2.75) is 33.7 Å². The molecule has 0 bridgehead atoms. The van der Waals surface area contributed by atoms with Gasteiger partial charge in [0.1, 0.15) is 17.3 Å². The molecule has 0 aliphatic rings. The molecular weight excluding hydrogens is 243 g/mol. The number of nitrogens with zero attached hydrogens (tertiary/aromatic N) is 1. The van der Waals surface area contributed by atoms with E-state index in [1.165, 1.54) is 6.20 Å². The summed E-state index contributed by atoms with van der Waals surface area (Å²) in [5.41, 5.74) is 2.69. The SMILES string of the molecule is CCNC(c1ccncc1F)c1c(C)oc(C)c1C. The van der Waals surface area contributed by atoms with Gasteiger partial charge in [0, 0.05) is 17.3 Å². The van der Waals surface area contributed by atoms with E-state index in [9.17, 15) is 4.39 Å². The number of aryl methyl sites for hydroxylation is 2. The van der Waals surface area contributed by atoms with E-state index in [2.05, 4.69) is 10.3 Å². The van der Waals surface area contributed by atoms with Gasteiger partial charge in [0.2, 0.25) is 0 Å². The molecule has 1 unspecified atom stereocenters. The molecule has 0 saturated carbocycles. The van der Waals surface area contributed by atoms with Gasteiger partial charge in [-0.3, -0.25) is 4.98 Å². The number of rotatable bonds is 4. The summed E-state index contributed by atoms with van der Waals surface area (Å²) in [6, 6.07) is 1.51. The quantitative estimate of drug-likeness (QED) is 0.917. The van der Waals surface area contributed by atoms with Crippen LogP contribution in [0.1, 0.15) is 41.2 Å². The molecule has 2 heterocycles. The van der Waals surface area contributed by atoms with Crippen molar-refractivity contribution in [1.29, 1.82) is 0 Å². The number of hydrogen-bond acceptors (Lipinski definition) is 3. The first kappa shape index (κ1) is 13.7. The van der Waals surface area contributed by atoms with Crippen LogP contribution in [0.15, 0.2) is 22.9 Å². The first-order chi connectivity index (χ1) is 9.06. The van der Waals surface area contributed by atoms with Crippen LogP contribution in [-0.2, 0) is 0 Å². The zero-order valence-corrected chi connectivity index (χ0v) is 11.7. The van der Waals surface area contributed by atoms with Crippen LogP contribution in [0.3, 0.4) is 0 Å². The molecule has 0 saturated heterocycles. The summed E-state index contributed by atoms with van der Waals surface area (Å²) in [7, 11) is 0. The Morgan fingerprint density at radius 2 is 2.05 bits per heavy atom. The highest BCUT2D eigenvalue weighted by molar-refractivity contribution is 5.40. The number of aromatic nitrogens is 1. The van der Waals surface area contributed by atoms with Crippen LogP contribution in [0.5, 0.6) is 0 Å². The molecule has 3 nitrogen and oxygen atoms in total. The summed E-state index contributed by atoms with van der Waals surface area (Å²) in [6.45, 7) is 8.60. The minimum Gasteiger partial charge on any atom is -0.466 e. The molecule has 0 aliphatic carbocycles. The van der Waals surface area contributed by atoms with E-state index in [4.69, 9.17) is 4.42 Å². The number of nitrogens with one attached hydrogen (secondary N) is 1. The molecule has 0 aliphatic heterocycles. The van der Waals surface area contributed by atoms with Gasteiger partial charge in [-0.05, 0) is 38.9 Å². The highest BCUT2D eigenvalue weighted by Gasteiger charge is 2.24. The van der Waals surface area contributed by atoms with E-state index >= 15 is 0 Å². The van der Waals surface area contributed by atoms with Gasteiger partial charge in [-0.2, -0.15) is 0 Å². The zero-order chi connectivity index (χ0) is 14.0. The molecule has 19 heavy (non-hydrogen) atoms. The van der Waals surface area contributed by atoms with E-state index < -0.39 is 0 Å². The second-order valence-corrected chi connectivity index (χ2v) is 4.64. The Hall–Kier alpha value is -1.68. The molecule has 2 aromatic heterocycles. The van der Waals surface area contributed by atoms with Crippen LogP contribution in [0.25, 0.3) is 0 Å². The van der Waals surface area contributed by atoms with E-state index in [-0.39, 0.29) is 11.9 Å². The Bertz CT molecular complexity index is 578. The van der Waals surface area contributed by atoms with Gasteiger partial charge >= 0.3 is 0 Å². The Labute approximate surface area is 112 Å². The van der Waals surface area contributed by atoms with Gasteiger partial charge in [0.25, 0.3) is 0 Å². The number of pyridine rings is 1.